The second-order valence-electron chi connectivity index (χ2n) is 5.94. The second kappa shape index (κ2) is 7.53. The lowest BCUT2D eigenvalue weighted by molar-refractivity contribution is -0.113. The minimum atomic E-state index is -0.0562. The van der Waals surface area contributed by atoms with E-state index in [-0.39, 0.29) is 11.7 Å². The van der Waals surface area contributed by atoms with E-state index >= 15 is 0 Å². The van der Waals surface area contributed by atoms with Crippen LogP contribution in [0, 0.1) is 13.8 Å². The summed E-state index contributed by atoms with van der Waals surface area (Å²) in [6, 6.07) is 15.9. The minimum absolute atomic E-state index is 0.0562. The average Bonchev–Trinajstić information content (AvgIpc) is 2.93. The fourth-order valence-corrected chi connectivity index (χ4v) is 3.36. The van der Waals surface area contributed by atoms with Gasteiger partial charge in [-0.1, -0.05) is 48.2 Å². The smallest absolute Gasteiger partial charge is 0.234 e. The third kappa shape index (κ3) is 4.28. The monoisotopic (exact) mass is 352 g/mol. The zero-order valence-corrected chi connectivity index (χ0v) is 15.3. The summed E-state index contributed by atoms with van der Waals surface area (Å²) in [7, 11) is 1.91. The maximum Gasteiger partial charge on any atom is 0.234 e. The van der Waals surface area contributed by atoms with Gasteiger partial charge in [0.1, 0.15) is 0 Å². The lowest BCUT2D eigenvalue weighted by atomic mass is 10.1. The van der Waals surface area contributed by atoms with E-state index in [1.54, 1.807) is 0 Å². The number of amides is 1. The topological polar surface area (TPSA) is 59.8 Å². The van der Waals surface area contributed by atoms with Crippen LogP contribution in [0.5, 0.6) is 0 Å². The highest BCUT2D eigenvalue weighted by atomic mass is 32.2. The highest BCUT2D eigenvalue weighted by Crippen LogP contribution is 2.22. The minimum Gasteiger partial charge on any atom is -0.325 e. The van der Waals surface area contributed by atoms with Gasteiger partial charge in [0.15, 0.2) is 11.0 Å². The molecule has 1 aromatic heterocycles. The molecule has 3 rings (SSSR count). The lowest BCUT2D eigenvalue weighted by Gasteiger charge is -2.07. The summed E-state index contributed by atoms with van der Waals surface area (Å²) in [5.74, 6) is 1.02. The van der Waals surface area contributed by atoms with Gasteiger partial charge in [-0.05, 0) is 37.1 Å². The molecule has 0 unspecified atom stereocenters. The van der Waals surface area contributed by atoms with Gasteiger partial charge in [-0.25, -0.2) is 0 Å². The van der Waals surface area contributed by atoms with E-state index in [4.69, 9.17) is 0 Å². The molecule has 0 atom stereocenters. The first-order valence-corrected chi connectivity index (χ1v) is 8.97. The number of carbonyl (C=O) groups is 1. The number of aromatic nitrogens is 3. The number of thioether (sulfide) groups is 1. The molecule has 0 saturated carbocycles. The molecule has 1 heterocycles. The van der Waals surface area contributed by atoms with Gasteiger partial charge in [0.05, 0.1) is 5.75 Å². The Morgan fingerprint density at radius 2 is 1.76 bits per heavy atom. The SMILES string of the molecule is Cc1cc(C)cc(NC(=O)CSc2nnc(-c3ccccc3)n2C)c1. The van der Waals surface area contributed by atoms with Crippen LogP contribution in [-0.2, 0) is 11.8 Å². The molecule has 128 valence electrons. The standard InChI is InChI=1S/C19H20N4OS/c1-13-9-14(2)11-16(10-13)20-17(24)12-25-19-22-21-18(23(19)3)15-7-5-4-6-8-15/h4-11H,12H2,1-3H3,(H,20,24). The maximum absolute atomic E-state index is 12.2. The van der Waals surface area contributed by atoms with Gasteiger partial charge in [-0.15, -0.1) is 10.2 Å². The zero-order chi connectivity index (χ0) is 17.8. The van der Waals surface area contributed by atoms with Crippen molar-refractivity contribution in [3.8, 4) is 11.4 Å². The molecular formula is C19H20N4OS. The maximum atomic E-state index is 12.2. The molecule has 6 heteroatoms. The summed E-state index contributed by atoms with van der Waals surface area (Å²) in [5.41, 5.74) is 4.09. The van der Waals surface area contributed by atoms with Crippen LogP contribution >= 0.6 is 11.8 Å². The van der Waals surface area contributed by atoms with E-state index < -0.39 is 0 Å². The number of nitrogens with one attached hydrogen (secondary N) is 1. The zero-order valence-electron chi connectivity index (χ0n) is 14.5. The van der Waals surface area contributed by atoms with Crippen LogP contribution < -0.4 is 5.32 Å². The number of nitrogens with zero attached hydrogens (tertiary/aromatic N) is 3. The van der Waals surface area contributed by atoms with Gasteiger partial charge in [0.25, 0.3) is 0 Å². The lowest BCUT2D eigenvalue weighted by Crippen LogP contribution is -2.14. The van der Waals surface area contributed by atoms with Crippen molar-refractivity contribution in [2.24, 2.45) is 7.05 Å². The summed E-state index contributed by atoms with van der Waals surface area (Å²) in [6.07, 6.45) is 0. The van der Waals surface area contributed by atoms with Crippen LogP contribution in [0.2, 0.25) is 0 Å². The molecule has 0 spiro atoms. The van der Waals surface area contributed by atoms with E-state index in [1.165, 1.54) is 11.8 Å². The molecule has 0 aliphatic heterocycles. The fourth-order valence-electron chi connectivity index (χ4n) is 2.65. The van der Waals surface area contributed by atoms with Crippen molar-refractivity contribution in [2.75, 3.05) is 11.1 Å². The summed E-state index contributed by atoms with van der Waals surface area (Å²) >= 11 is 1.38. The third-order valence-electron chi connectivity index (χ3n) is 3.70. The first-order valence-electron chi connectivity index (χ1n) is 7.98. The number of hydrogen-bond donors (Lipinski definition) is 1. The number of aryl methyl sites for hydroxylation is 2. The number of carbonyl (C=O) groups excluding carboxylic acids is 1. The molecule has 0 aliphatic carbocycles. The summed E-state index contributed by atoms with van der Waals surface area (Å²) < 4.78 is 1.91. The molecule has 0 bridgehead atoms. The quantitative estimate of drug-likeness (QED) is 0.709. The van der Waals surface area contributed by atoms with E-state index in [0.717, 1.165) is 33.4 Å². The van der Waals surface area contributed by atoms with Crippen molar-refractivity contribution >= 4 is 23.4 Å². The second-order valence-corrected chi connectivity index (χ2v) is 6.89. The van der Waals surface area contributed by atoms with Crippen LogP contribution in [0.25, 0.3) is 11.4 Å². The molecule has 0 radical (unpaired) electrons. The molecule has 1 amide bonds. The van der Waals surface area contributed by atoms with Crippen LogP contribution in [-0.4, -0.2) is 26.4 Å². The van der Waals surface area contributed by atoms with Crippen LogP contribution in [0.1, 0.15) is 11.1 Å². The number of hydrogen-bond acceptors (Lipinski definition) is 4. The van der Waals surface area contributed by atoms with Gasteiger partial charge >= 0.3 is 0 Å². The van der Waals surface area contributed by atoms with Gasteiger partial charge in [0.2, 0.25) is 5.91 Å². The first kappa shape index (κ1) is 17.2. The van der Waals surface area contributed by atoms with Crippen molar-refractivity contribution in [3.63, 3.8) is 0 Å². The number of benzene rings is 2. The van der Waals surface area contributed by atoms with E-state index in [2.05, 4.69) is 21.6 Å². The molecule has 2 aromatic carbocycles. The van der Waals surface area contributed by atoms with Crippen molar-refractivity contribution < 1.29 is 4.79 Å². The highest BCUT2D eigenvalue weighted by molar-refractivity contribution is 7.99. The predicted molar refractivity (Wildman–Crippen MR) is 102 cm³/mol. The first-order chi connectivity index (χ1) is 12.0. The van der Waals surface area contributed by atoms with Crippen molar-refractivity contribution in [1.29, 1.82) is 0 Å². The van der Waals surface area contributed by atoms with E-state index in [0.29, 0.717) is 0 Å². The van der Waals surface area contributed by atoms with Crippen LogP contribution in [0.15, 0.2) is 53.7 Å². The summed E-state index contributed by atoms with van der Waals surface area (Å²) in [6.45, 7) is 4.03. The Morgan fingerprint density at radius 3 is 2.44 bits per heavy atom. The largest absolute Gasteiger partial charge is 0.325 e. The number of anilines is 1. The Morgan fingerprint density at radius 1 is 1.08 bits per heavy atom. The van der Waals surface area contributed by atoms with Gasteiger partial charge < -0.3 is 9.88 Å². The molecular weight excluding hydrogens is 332 g/mol. The molecule has 0 fully saturated rings. The Bertz CT molecular complexity index is 869. The molecule has 1 N–H and O–H groups in total. The Balaban J connectivity index is 1.64. The summed E-state index contributed by atoms with van der Waals surface area (Å²) in [4.78, 5) is 12.2. The molecule has 3 aromatic rings. The number of rotatable bonds is 5. The van der Waals surface area contributed by atoms with Crippen molar-refractivity contribution in [3.05, 3.63) is 59.7 Å². The van der Waals surface area contributed by atoms with Gasteiger partial charge in [-0.2, -0.15) is 0 Å². The molecule has 0 saturated heterocycles. The van der Waals surface area contributed by atoms with Crippen LogP contribution in [0.4, 0.5) is 5.69 Å². The Labute approximate surface area is 151 Å². The fraction of sp³-hybridized carbons (Fsp3) is 0.211. The molecule has 0 aliphatic rings. The van der Waals surface area contributed by atoms with Crippen LogP contribution in [0.3, 0.4) is 0 Å². The average molecular weight is 352 g/mol. The molecule has 25 heavy (non-hydrogen) atoms. The summed E-state index contributed by atoms with van der Waals surface area (Å²) in [5, 5.41) is 12.1. The van der Waals surface area contributed by atoms with Gasteiger partial charge in [-0.3, -0.25) is 4.79 Å². The highest BCUT2D eigenvalue weighted by Gasteiger charge is 2.13. The normalized spacial score (nSPS) is 10.7. The Hall–Kier alpha value is -2.60. The van der Waals surface area contributed by atoms with E-state index in [1.807, 2.05) is 67.9 Å². The van der Waals surface area contributed by atoms with E-state index in [9.17, 15) is 4.79 Å². The molecule has 5 nitrogen and oxygen atoms in total. The third-order valence-corrected chi connectivity index (χ3v) is 4.72. The predicted octanol–water partition coefficient (Wildman–Crippen LogP) is 3.83. The van der Waals surface area contributed by atoms with Gasteiger partial charge in [0, 0.05) is 18.3 Å². The van der Waals surface area contributed by atoms with Crippen molar-refractivity contribution in [1.82, 2.24) is 14.8 Å². The Kier molecular flexibility index (Phi) is 5.19. The van der Waals surface area contributed by atoms with Crippen molar-refractivity contribution in [2.45, 2.75) is 19.0 Å².